The summed E-state index contributed by atoms with van der Waals surface area (Å²) in [5, 5.41) is 10.1. The van der Waals surface area contributed by atoms with Crippen LogP contribution in [0.1, 0.15) is 104 Å². The van der Waals surface area contributed by atoms with Crippen molar-refractivity contribution in [2.45, 2.75) is 97.8 Å². The Bertz CT molecular complexity index is 3830. The van der Waals surface area contributed by atoms with Crippen molar-refractivity contribution in [2.24, 2.45) is 0 Å². The zero-order valence-electron chi connectivity index (χ0n) is 40.3. The molecule has 2 bridgehead atoms. The second-order valence-corrected chi connectivity index (χ2v) is 22.9. The van der Waals surface area contributed by atoms with Crippen LogP contribution in [-0.4, -0.2) is 9.38 Å². The number of anilines is 3. The summed E-state index contributed by atoms with van der Waals surface area (Å²) in [6.45, 7) is 25.7. The summed E-state index contributed by atoms with van der Waals surface area (Å²) in [7, 11) is 0. The van der Waals surface area contributed by atoms with Crippen LogP contribution in [-0.2, 0) is 21.7 Å². The Balaban J connectivity index is 1.17. The summed E-state index contributed by atoms with van der Waals surface area (Å²) in [6, 6.07) is 58.3. The molecule has 0 radical (unpaired) electrons. The van der Waals surface area contributed by atoms with Gasteiger partial charge in [0.25, 0.3) is 0 Å². The molecule has 0 saturated carbocycles. The Kier molecular flexibility index (Phi) is 8.38. The SMILES string of the molecule is CC(C)(C)c1cc2cc(c1)c1cc3c(cc1[nH]c1ccc(C(C)(C)C)cc21)c1cc(C(C)(C)C)cc2c4ccc(N(c5ccccc5)c5ccc6c(c5)-c5ccccc5C6(C)C)cc4n3c21. The van der Waals surface area contributed by atoms with Crippen molar-refractivity contribution < 1.29 is 0 Å². The second kappa shape index (κ2) is 13.6. The minimum Gasteiger partial charge on any atom is -0.354 e. The highest BCUT2D eigenvalue weighted by Crippen LogP contribution is 2.51. The zero-order valence-corrected chi connectivity index (χ0v) is 40.3. The average molecular weight is 858 g/mol. The highest BCUT2D eigenvalue weighted by molar-refractivity contribution is 6.26. The summed E-state index contributed by atoms with van der Waals surface area (Å²) in [4.78, 5) is 6.48. The number of nitrogens with one attached hydrogen (secondary N) is 1. The van der Waals surface area contributed by atoms with Crippen LogP contribution in [0.3, 0.4) is 0 Å². The lowest BCUT2D eigenvalue weighted by Gasteiger charge is -2.27. The van der Waals surface area contributed by atoms with Gasteiger partial charge in [0.05, 0.1) is 16.6 Å². The van der Waals surface area contributed by atoms with Gasteiger partial charge in [-0.1, -0.05) is 149 Å². The summed E-state index contributed by atoms with van der Waals surface area (Å²) in [5.74, 6) is 0. The van der Waals surface area contributed by atoms with Crippen molar-refractivity contribution >= 4 is 87.7 Å². The number of nitrogens with zero attached hydrogens (tertiary/aromatic N) is 2. The van der Waals surface area contributed by atoms with E-state index in [0.29, 0.717) is 0 Å². The summed E-state index contributed by atoms with van der Waals surface area (Å²) >= 11 is 0. The fraction of sp³-hybridized carbons (Fsp3) is 0.238. The molecule has 0 amide bonds. The van der Waals surface area contributed by atoms with E-state index in [2.05, 4.69) is 242 Å². The van der Waals surface area contributed by atoms with Gasteiger partial charge in [-0.15, -0.1) is 0 Å². The summed E-state index contributed by atoms with van der Waals surface area (Å²) < 4.78 is 2.58. The van der Waals surface area contributed by atoms with Crippen molar-refractivity contribution in [3.63, 3.8) is 0 Å². The van der Waals surface area contributed by atoms with Gasteiger partial charge in [-0.25, -0.2) is 0 Å². The average Bonchev–Trinajstić information content (AvgIpc) is 3.86. The van der Waals surface area contributed by atoms with Gasteiger partial charge in [-0.05, 0) is 145 Å². The van der Waals surface area contributed by atoms with Crippen LogP contribution in [0.25, 0.3) is 81.8 Å². The van der Waals surface area contributed by atoms with Gasteiger partial charge < -0.3 is 14.3 Å². The number of para-hydroxylation sites is 1. The molecule has 8 aromatic carbocycles. The van der Waals surface area contributed by atoms with Crippen molar-refractivity contribution in [3.8, 4) is 11.1 Å². The first-order chi connectivity index (χ1) is 31.3. The van der Waals surface area contributed by atoms with E-state index >= 15 is 0 Å². The molecule has 0 atom stereocenters. The molecule has 12 rings (SSSR count). The van der Waals surface area contributed by atoms with Gasteiger partial charge in [0.1, 0.15) is 0 Å². The number of rotatable bonds is 3. The van der Waals surface area contributed by atoms with Crippen molar-refractivity contribution in [1.29, 1.82) is 0 Å². The number of benzene rings is 8. The molecule has 3 heteroatoms. The summed E-state index contributed by atoms with van der Waals surface area (Å²) in [6.07, 6.45) is 0. The van der Waals surface area contributed by atoms with E-state index in [0.717, 1.165) is 28.1 Å². The molecule has 66 heavy (non-hydrogen) atoms. The lowest BCUT2D eigenvalue weighted by atomic mass is 9.82. The van der Waals surface area contributed by atoms with E-state index < -0.39 is 0 Å². The predicted octanol–water partition coefficient (Wildman–Crippen LogP) is 17.9. The van der Waals surface area contributed by atoms with Crippen molar-refractivity contribution in [2.75, 3.05) is 4.90 Å². The van der Waals surface area contributed by atoms with Gasteiger partial charge in [0, 0.05) is 65.8 Å². The maximum absolute atomic E-state index is 4.03. The minimum atomic E-state index is -0.0597. The molecular weight excluding hydrogens is 799 g/mol. The third-order valence-electron chi connectivity index (χ3n) is 15.1. The minimum absolute atomic E-state index is 0.0298. The zero-order chi connectivity index (χ0) is 45.8. The van der Waals surface area contributed by atoms with Crippen LogP contribution >= 0.6 is 0 Å². The van der Waals surface area contributed by atoms with Crippen LogP contribution < -0.4 is 4.90 Å². The molecule has 11 aromatic rings. The van der Waals surface area contributed by atoms with E-state index in [1.54, 1.807) is 0 Å². The number of hydrogen-bond donors (Lipinski definition) is 1. The molecule has 3 heterocycles. The lowest BCUT2D eigenvalue weighted by Crippen LogP contribution is -2.15. The first-order valence-electron chi connectivity index (χ1n) is 23.8. The number of H-pyrrole nitrogens is 1. The predicted molar refractivity (Wildman–Crippen MR) is 285 cm³/mol. The largest absolute Gasteiger partial charge is 0.354 e. The first-order valence-corrected chi connectivity index (χ1v) is 23.8. The fourth-order valence-electron chi connectivity index (χ4n) is 11.2. The van der Waals surface area contributed by atoms with Crippen LogP contribution in [0.2, 0.25) is 0 Å². The quantitative estimate of drug-likeness (QED) is 0.188. The number of hydrogen-bond acceptors (Lipinski definition) is 1. The van der Waals surface area contributed by atoms with Gasteiger partial charge in [-0.2, -0.15) is 0 Å². The van der Waals surface area contributed by atoms with E-state index in [-0.39, 0.29) is 21.7 Å². The Morgan fingerprint density at radius 2 is 0.985 bits per heavy atom. The highest BCUT2D eigenvalue weighted by Gasteiger charge is 2.36. The van der Waals surface area contributed by atoms with Gasteiger partial charge >= 0.3 is 0 Å². The van der Waals surface area contributed by atoms with Gasteiger partial charge in [0.2, 0.25) is 0 Å². The molecular formula is C63H59N3. The van der Waals surface area contributed by atoms with Crippen LogP contribution in [0.15, 0.2) is 152 Å². The van der Waals surface area contributed by atoms with E-state index in [4.69, 9.17) is 0 Å². The van der Waals surface area contributed by atoms with Crippen LogP contribution in [0.4, 0.5) is 17.1 Å². The normalized spacial score (nSPS) is 14.1. The summed E-state index contributed by atoms with van der Waals surface area (Å²) in [5.41, 5.74) is 18.7. The molecule has 0 aliphatic heterocycles. The standard InChI is InChI=1S/C63H59N3/c1-60(2,3)39-21-26-55-47(30-39)37-27-38(29-40(28-37)61(4,5)6)48-36-58-50(35-56(48)64-55)52-32-41(62(7,8)9)31-51-46-24-22-44(34-57(46)66(58)59(51)52)65(42-17-13-12-14-18-42)43-23-25-54-49(33-43)45-19-15-16-20-53(45)63(54,10)11/h12-36,64H,1-11H3. The lowest BCUT2D eigenvalue weighted by molar-refractivity contribution is 0.590. The van der Waals surface area contributed by atoms with Crippen molar-refractivity contribution in [1.82, 2.24) is 9.38 Å². The second-order valence-electron chi connectivity index (χ2n) is 22.9. The molecule has 326 valence electrons. The molecule has 3 nitrogen and oxygen atoms in total. The van der Waals surface area contributed by atoms with Gasteiger partial charge in [-0.3, -0.25) is 0 Å². The monoisotopic (exact) mass is 857 g/mol. The van der Waals surface area contributed by atoms with Crippen LogP contribution in [0, 0.1) is 0 Å². The molecule has 0 saturated heterocycles. The number of aromatic nitrogens is 2. The number of aromatic amines is 1. The maximum Gasteiger partial charge on any atom is 0.0620 e. The third kappa shape index (κ3) is 6.01. The first kappa shape index (κ1) is 40.7. The fourth-order valence-corrected chi connectivity index (χ4v) is 11.2. The topological polar surface area (TPSA) is 23.4 Å². The molecule has 1 N–H and O–H groups in total. The Morgan fingerprint density at radius 3 is 1.70 bits per heavy atom. The Morgan fingerprint density at radius 1 is 0.409 bits per heavy atom. The molecule has 0 unspecified atom stereocenters. The van der Waals surface area contributed by atoms with E-state index in [1.165, 1.54) is 98.6 Å². The van der Waals surface area contributed by atoms with E-state index in [1.807, 2.05) is 0 Å². The molecule has 0 fully saturated rings. The third-order valence-corrected chi connectivity index (χ3v) is 15.1. The Hall–Kier alpha value is -6.84. The smallest absolute Gasteiger partial charge is 0.0620 e. The maximum atomic E-state index is 4.03. The van der Waals surface area contributed by atoms with Crippen LogP contribution in [0.5, 0.6) is 0 Å². The molecule has 3 aromatic heterocycles. The molecule has 0 spiro atoms. The van der Waals surface area contributed by atoms with Gasteiger partial charge in [0.15, 0.2) is 0 Å². The molecule has 1 aliphatic rings. The highest BCUT2D eigenvalue weighted by atomic mass is 15.1. The number of fused-ring (bicyclic) bond motifs is 15. The Labute approximate surface area is 388 Å². The van der Waals surface area contributed by atoms with E-state index in [9.17, 15) is 0 Å². The van der Waals surface area contributed by atoms with Crippen molar-refractivity contribution in [3.05, 3.63) is 179 Å². The molecule has 1 aliphatic carbocycles.